The normalized spacial score (nSPS) is 11.3. The zero-order chi connectivity index (χ0) is 11.9. The zero-order valence-corrected chi connectivity index (χ0v) is 9.09. The van der Waals surface area contributed by atoms with Gasteiger partial charge in [0.2, 0.25) is 0 Å². The first-order valence-corrected chi connectivity index (χ1v) is 5.11. The molecular weight excluding hydrogens is 210 g/mol. The highest BCUT2D eigenvalue weighted by molar-refractivity contribution is 5.87. The smallest absolute Gasteiger partial charge is 0.162 e. The summed E-state index contributed by atoms with van der Waals surface area (Å²) in [4.78, 5) is 0. The van der Waals surface area contributed by atoms with Crippen LogP contribution < -0.4 is 0 Å². The maximum absolute atomic E-state index is 13.6. The highest BCUT2D eigenvalue weighted by atomic mass is 19.2. The molecule has 2 aromatic carbocycles. The van der Waals surface area contributed by atoms with Crippen LogP contribution in [0.25, 0.3) is 10.8 Å². The number of rotatable bonds is 1. The molecule has 0 bridgehead atoms. The van der Waals surface area contributed by atoms with Crippen LogP contribution in [0.1, 0.15) is 25.3 Å². The molecule has 0 saturated carbocycles. The van der Waals surface area contributed by atoms with Gasteiger partial charge in [-0.1, -0.05) is 19.9 Å². The highest BCUT2D eigenvalue weighted by Crippen LogP contribution is 2.31. The molecule has 2 rings (SSSR count). The molecule has 0 aliphatic carbocycles. The molecule has 0 saturated heterocycles. The van der Waals surface area contributed by atoms with Gasteiger partial charge in [0.05, 0.1) is 0 Å². The summed E-state index contributed by atoms with van der Waals surface area (Å²) < 4.78 is 27.0. The Morgan fingerprint density at radius 2 is 1.81 bits per heavy atom. The summed E-state index contributed by atoms with van der Waals surface area (Å²) in [7, 11) is 0. The van der Waals surface area contributed by atoms with Gasteiger partial charge in [0.1, 0.15) is 5.75 Å². The van der Waals surface area contributed by atoms with E-state index in [-0.39, 0.29) is 11.7 Å². The van der Waals surface area contributed by atoms with E-state index in [1.54, 1.807) is 6.07 Å². The molecule has 0 atom stereocenters. The van der Waals surface area contributed by atoms with Crippen LogP contribution >= 0.6 is 0 Å². The van der Waals surface area contributed by atoms with E-state index in [1.165, 1.54) is 12.1 Å². The standard InChI is InChI=1S/C13H12F2O/c1-7(2)12-10-4-3-9(16)5-8(10)6-11(14)13(12)15/h3-7,16H,1-2H3. The Bertz CT molecular complexity index is 547. The monoisotopic (exact) mass is 222 g/mol. The summed E-state index contributed by atoms with van der Waals surface area (Å²) >= 11 is 0. The Morgan fingerprint density at radius 3 is 2.44 bits per heavy atom. The van der Waals surface area contributed by atoms with Gasteiger partial charge in [0.25, 0.3) is 0 Å². The zero-order valence-electron chi connectivity index (χ0n) is 9.09. The van der Waals surface area contributed by atoms with Crippen molar-refractivity contribution in [1.29, 1.82) is 0 Å². The van der Waals surface area contributed by atoms with Gasteiger partial charge in [-0.2, -0.15) is 0 Å². The minimum atomic E-state index is -0.873. The summed E-state index contributed by atoms with van der Waals surface area (Å²) in [6.45, 7) is 3.62. The summed E-state index contributed by atoms with van der Waals surface area (Å²) in [6, 6.07) is 5.63. The van der Waals surface area contributed by atoms with Crippen LogP contribution in [0.4, 0.5) is 8.78 Å². The van der Waals surface area contributed by atoms with E-state index in [2.05, 4.69) is 0 Å². The number of fused-ring (bicyclic) bond motifs is 1. The molecule has 2 aromatic rings. The number of halogens is 2. The SMILES string of the molecule is CC(C)c1c(F)c(F)cc2cc(O)ccc12. The van der Waals surface area contributed by atoms with E-state index < -0.39 is 11.6 Å². The Balaban J connectivity index is 2.89. The van der Waals surface area contributed by atoms with Gasteiger partial charge in [-0.3, -0.25) is 0 Å². The lowest BCUT2D eigenvalue weighted by Gasteiger charge is -2.12. The van der Waals surface area contributed by atoms with Gasteiger partial charge >= 0.3 is 0 Å². The molecular formula is C13H12F2O. The molecule has 84 valence electrons. The molecule has 1 N–H and O–H groups in total. The third-order valence-corrected chi connectivity index (χ3v) is 2.63. The van der Waals surface area contributed by atoms with Crippen molar-refractivity contribution >= 4 is 10.8 Å². The van der Waals surface area contributed by atoms with E-state index >= 15 is 0 Å². The molecule has 1 nitrogen and oxygen atoms in total. The fraction of sp³-hybridized carbons (Fsp3) is 0.231. The van der Waals surface area contributed by atoms with Crippen molar-refractivity contribution in [2.24, 2.45) is 0 Å². The van der Waals surface area contributed by atoms with Crippen LogP contribution in [0.2, 0.25) is 0 Å². The summed E-state index contributed by atoms with van der Waals surface area (Å²) in [5.41, 5.74) is 0.356. The van der Waals surface area contributed by atoms with Crippen LogP contribution in [-0.2, 0) is 0 Å². The van der Waals surface area contributed by atoms with E-state index in [0.717, 1.165) is 6.07 Å². The van der Waals surface area contributed by atoms with Crippen molar-refractivity contribution in [3.8, 4) is 5.75 Å². The molecule has 0 aromatic heterocycles. The van der Waals surface area contributed by atoms with Crippen LogP contribution in [-0.4, -0.2) is 5.11 Å². The Labute approximate surface area is 92.3 Å². The molecule has 0 aliphatic rings. The summed E-state index contributed by atoms with van der Waals surface area (Å²) in [5, 5.41) is 10.5. The minimum Gasteiger partial charge on any atom is -0.508 e. The molecule has 0 fully saturated rings. The first-order valence-electron chi connectivity index (χ1n) is 5.11. The van der Waals surface area contributed by atoms with E-state index in [0.29, 0.717) is 16.3 Å². The largest absolute Gasteiger partial charge is 0.508 e. The predicted octanol–water partition coefficient (Wildman–Crippen LogP) is 3.95. The van der Waals surface area contributed by atoms with Crippen molar-refractivity contribution in [2.75, 3.05) is 0 Å². The second-order valence-electron chi connectivity index (χ2n) is 4.15. The fourth-order valence-electron chi connectivity index (χ4n) is 1.93. The van der Waals surface area contributed by atoms with E-state index in [4.69, 9.17) is 0 Å². The molecule has 0 radical (unpaired) electrons. The summed E-state index contributed by atoms with van der Waals surface area (Å²) in [6.07, 6.45) is 0. The van der Waals surface area contributed by atoms with E-state index in [9.17, 15) is 13.9 Å². The van der Waals surface area contributed by atoms with Crippen LogP contribution in [0, 0.1) is 11.6 Å². The number of phenols is 1. The van der Waals surface area contributed by atoms with Crippen molar-refractivity contribution in [3.05, 3.63) is 41.5 Å². The number of phenolic OH excluding ortho intramolecular Hbond substituents is 1. The van der Waals surface area contributed by atoms with E-state index in [1.807, 2.05) is 13.8 Å². The summed E-state index contributed by atoms with van der Waals surface area (Å²) in [5.74, 6) is -1.73. The van der Waals surface area contributed by atoms with Gasteiger partial charge in [-0.15, -0.1) is 0 Å². The first-order chi connectivity index (χ1) is 7.50. The van der Waals surface area contributed by atoms with Gasteiger partial charge in [0, 0.05) is 5.56 Å². The van der Waals surface area contributed by atoms with Crippen LogP contribution in [0.3, 0.4) is 0 Å². The second-order valence-corrected chi connectivity index (χ2v) is 4.15. The van der Waals surface area contributed by atoms with Crippen molar-refractivity contribution < 1.29 is 13.9 Å². The molecule has 0 amide bonds. The van der Waals surface area contributed by atoms with Crippen molar-refractivity contribution in [1.82, 2.24) is 0 Å². The van der Waals surface area contributed by atoms with Crippen molar-refractivity contribution in [2.45, 2.75) is 19.8 Å². The maximum atomic E-state index is 13.6. The van der Waals surface area contributed by atoms with Gasteiger partial charge in [-0.25, -0.2) is 8.78 Å². The molecule has 0 aliphatic heterocycles. The number of aromatic hydroxyl groups is 1. The first kappa shape index (κ1) is 10.9. The van der Waals surface area contributed by atoms with Gasteiger partial charge < -0.3 is 5.11 Å². The third kappa shape index (κ3) is 1.62. The van der Waals surface area contributed by atoms with Gasteiger partial charge in [-0.05, 0) is 34.9 Å². The lowest BCUT2D eigenvalue weighted by molar-refractivity contribution is 0.475. The third-order valence-electron chi connectivity index (χ3n) is 2.63. The highest BCUT2D eigenvalue weighted by Gasteiger charge is 2.16. The molecule has 0 heterocycles. The lowest BCUT2D eigenvalue weighted by Crippen LogP contribution is -1.98. The quantitative estimate of drug-likeness (QED) is 0.774. The molecule has 16 heavy (non-hydrogen) atoms. The minimum absolute atomic E-state index is 0.0493. The number of hydrogen-bond donors (Lipinski definition) is 1. The molecule has 0 spiro atoms. The Morgan fingerprint density at radius 1 is 1.12 bits per heavy atom. The maximum Gasteiger partial charge on any atom is 0.162 e. The molecule has 0 unspecified atom stereocenters. The number of benzene rings is 2. The fourth-order valence-corrected chi connectivity index (χ4v) is 1.93. The van der Waals surface area contributed by atoms with Crippen LogP contribution in [0.15, 0.2) is 24.3 Å². The van der Waals surface area contributed by atoms with Crippen molar-refractivity contribution in [3.63, 3.8) is 0 Å². The average molecular weight is 222 g/mol. The second kappa shape index (κ2) is 3.74. The predicted molar refractivity (Wildman–Crippen MR) is 59.6 cm³/mol. The van der Waals surface area contributed by atoms with Gasteiger partial charge in [0.15, 0.2) is 11.6 Å². The average Bonchev–Trinajstić information content (AvgIpc) is 2.19. The lowest BCUT2D eigenvalue weighted by atomic mass is 9.95. The Hall–Kier alpha value is -1.64. The number of hydrogen-bond acceptors (Lipinski definition) is 1. The Kier molecular flexibility index (Phi) is 2.54. The van der Waals surface area contributed by atoms with Crippen LogP contribution in [0.5, 0.6) is 5.75 Å². The topological polar surface area (TPSA) is 20.2 Å². The molecule has 3 heteroatoms.